The van der Waals surface area contributed by atoms with Gasteiger partial charge in [0.15, 0.2) is 0 Å². The predicted octanol–water partition coefficient (Wildman–Crippen LogP) is 2.87. The van der Waals surface area contributed by atoms with Crippen LogP contribution in [0.5, 0.6) is 0 Å². The van der Waals surface area contributed by atoms with E-state index in [4.69, 9.17) is 11.6 Å². The summed E-state index contributed by atoms with van der Waals surface area (Å²) < 4.78 is 38.2. The Balaban J connectivity index is 2.56. The van der Waals surface area contributed by atoms with Crippen molar-refractivity contribution in [3.05, 3.63) is 28.3 Å². The first-order valence-corrected chi connectivity index (χ1v) is 5.21. The summed E-state index contributed by atoms with van der Waals surface area (Å²) in [7, 11) is 0. The van der Waals surface area contributed by atoms with E-state index in [2.05, 4.69) is 10.6 Å². The maximum Gasteiger partial charge on any atom is 0.416 e. The van der Waals surface area contributed by atoms with Crippen molar-refractivity contribution in [2.24, 2.45) is 0 Å². The molecule has 16 heavy (non-hydrogen) atoms. The molecule has 1 aliphatic heterocycles. The first-order valence-electron chi connectivity index (χ1n) is 4.83. The quantitative estimate of drug-likeness (QED) is 0.740. The van der Waals surface area contributed by atoms with Crippen LogP contribution in [0.3, 0.4) is 0 Å². The highest BCUT2D eigenvalue weighted by molar-refractivity contribution is 6.33. The third kappa shape index (κ3) is 2.10. The molecule has 1 aliphatic rings. The Morgan fingerprint density at radius 1 is 1.19 bits per heavy atom. The summed E-state index contributed by atoms with van der Waals surface area (Å²) in [5.41, 5.74) is -0.0483. The largest absolute Gasteiger partial charge is 0.416 e. The van der Waals surface area contributed by atoms with E-state index >= 15 is 0 Å². The number of halogens is 4. The standard InChI is InChI=1S/C10H10ClF3N2/c11-8-2-1-7(10(12,13)14)6-5-15-3-4-16-9(6)8/h1-2,15-16H,3-5H2. The van der Waals surface area contributed by atoms with E-state index in [-0.39, 0.29) is 12.1 Å². The molecule has 0 saturated carbocycles. The van der Waals surface area contributed by atoms with E-state index in [9.17, 15) is 13.2 Å². The minimum absolute atomic E-state index is 0.178. The molecule has 0 amide bonds. The number of fused-ring (bicyclic) bond motifs is 1. The van der Waals surface area contributed by atoms with Crippen LogP contribution in [-0.2, 0) is 12.7 Å². The third-order valence-corrected chi connectivity index (χ3v) is 2.79. The van der Waals surface area contributed by atoms with Crippen LogP contribution in [0, 0.1) is 0 Å². The maximum absolute atomic E-state index is 12.7. The van der Waals surface area contributed by atoms with Gasteiger partial charge in [-0.1, -0.05) is 11.6 Å². The average Bonchev–Trinajstić information content (AvgIpc) is 2.42. The van der Waals surface area contributed by atoms with Gasteiger partial charge in [-0.15, -0.1) is 0 Å². The molecule has 6 heteroatoms. The Hall–Kier alpha value is -0.940. The zero-order valence-electron chi connectivity index (χ0n) is 8.29. The molecule has 0 radical (unpaired) electrons. The lowest BCUT2D eigenvalue weighted by atomic mass is 10.0. The summed E-state index contributed by atoms with van der Waals surface area (Å²) in [6, 6.07) is 2.30. The second-order valence-corrected chi connectivity index (χ2v) is 3.96. The summed E-state index contributed by atoms with van der Waals surface area (Å²) in [4.78, 5) is 0. The van der Waals surface area contributed by atoms with Gasteiger partial charge in [0.25, 0.3) is 0 Å². The Morgan fingerprint density at radius 3 is 2.62 bits per heavy atom. The van der Waals surface area contributed by atoms with Crippen molar-refractivity contribution in [1.82, 2.24) is 5.32 Å². The number of benzene rings is 1. The lowest BCUT2D eigenvalue weighted by Crippen LogP contribution is -2.18. The molecule has 0 fully saturated rings. The molecule has 2 nitrogen and oxygen atoms in total. The van der Waals surface area contributed by atoms with Crippen molar-refractivity contribution in [3.63, 3.8) is 0 Å². The van der Waals surface area contributed by atoms with Gasteiger partial charge in [-0.3, -0.25) is 0 Å². The van der Waals surface area contributed by atoms with Crippen LogP contribution in [-0.4, -0.2) is 13.1 Å². The molecule has 0 bridgehead atoms. The number of nitrogens with one attached hydrogen (secondary N) is 2. The number of anilines is 1. The maximum atomic E-state index is 12.7. The molecule has 0 unspecified atom stereocenters. The van der Waals surface area contributed by atoms with Crippen LogP contribution in [0.15, 0.2) is 12.1 Å². The Labute approximate surface area is 95.8 Å². The van der Waals surface area contributed by atoms with Crippen molar-refractivity contribution in [2.75, 3.05) is 18.4 Å². The SMILES string of the molecule is FC(F)(F)c1ccc(Cl)c2c1CNCCN2. The molecule has 2 N–H and O–H groups in total. The fourth-order valence-corrected chi connectivity index (χ4v) is 1.99. The number of alkyl halides is 3. The average molecular weight is 251 g/mol. The fraction of sp³-hybridized carbons (Fsp3) is 0.400. The Morgan fingerprint density at radius 2 is 1.94 bits per heavy atom. The lowest BCUT2D eigenvalue weighted by Gasteiger charge is -2.16. The molecule has 0 saturated heterocycles. The first-order chi connectivity index (χ1) is 7.50. The Bertz CT molecular complexity index is 404. The summed E-state index contributed by atoms with van der Waals surface area (Å²) in [6.45, 7) is 1.36. The van der Waals surface area contributed by atoms with E-state index in [0.717, 1.165) is 6.07 Å². The van der Waals surface area contributed by atoms with Crippen LogP contribution >= 0.6 is 11.6 Å². The van der Waals surface area contributed by atoms with Crippen LogP contribution in [0.4, 0.5) is 18.9 Å². The Kier molecular flexibility index (Phi) is 2.99. The fourth-order valence-electron chi connectivity index (χ4n) is 1.75. The molecule has 0 atom stereocenters. The molecular formula is C10H10ClF3N2. The predicted molar refractivity (Wildman–Crippen MR) is 56.7 cm³/mol. The topological polar surface area (TPSA) is 24.1 Å². The number of hydrogen-bond acceptors (Lipinski definition) is 2. The van der Waals surface area contributed by atoms with Gasteiger partial charge in [-0.05, 0) is 12.1 Å². The van der Waals surface area contributed by atoms with Crippen molar-refractivity contribution in [1.29, 1.82) is 0 Å². The van der Waals surface area contributed by atoms with E-state index in [1.165, 1.54) is 6.07 Å². The van der Waals surface area contributed by atoms with Gasteiger partial charge >= 0.3 is 6.18 Å². The van der Waals surface area contributed by atoms with Crippen molar-refractivity contribution < 1.29 is 13.2 Å². The molecule has 88 valence electrons. The number of hydrogen-bond donors (Lipinski definition) is 2. The molecule has 1 aromatic rings. The lowest BCUT2D eigenvalue weighted by molar-refractivity contribution is -0.138. The third-order valence-electron chi connectivity index (χ3n) is 2.47. The molecular weight excluding hydrogens is 241 g/mol. The van der Waals surface area contributed by atoms with Crippen LogP contribution in [0.2, 0.25) is 5.02 Å². The highest BCUT2D eigenvalue weighted by Crippen LogP contribution is 2.38. The second-order valence-electron chi connectivity index (χ2n) is 3.55. The second kappa shape index (κ2) is 4.14. The van der Waals surface area contributed by atoms with Gasteiger partial charge < -0.3 is 10.6 Å². The van der Waals surface area contributed by atoms with Crippen LogP contribution < -0.4 is 10.6 Å². The molecule has 1 heterocycles. The molecule has 0 aliphatic carbocycles. The first kappa shape index (κ1) is 11.5. The summed E-state index contributed by atoms with van der Waals surface area (Å²) >= 11 is 5.88. The zero-order valence-corrected chi connectivity index (χ0v) is 9.04. The van der Waals surface area contributed by atoms with Crippen LogP contribution in [0.25, 0.3) is 0 Å². The van der Waals surface area contributed by atoms with Crippen molar-refractivity contribution in [2.45, 2.75) is 12.7 Å². The summed E-state index contributed by atoms with van der Waals surface area (Å²) in [5.74, 6) is 0. The minimum Gasteiger partial charge on any atom is -0.382 e. The van der Waals surface area contributed by atoms with Gasteiger partial charge in [-0.2, -0.15) is 13.2 Å². The zero-order chi connectivity index (χ0) is 11.8. The van der Waals surface area contributed by atoms with Crippen LogP contribution in [0.1, 0.15) is 11.1 Å². The van der Waals surface area contributed by atoms with Gasteiger partial charge in [0.05, 0.1) is 16.3 Å². The van der Waals surface area contributed by atoms with Gasteiger partial charge in [-0.25, -0.2) is 0 Å². The summed E-state index contributed by atoms with van der Waals surface area (Å²) in [5, 5.41) is 6.16. The normalized spacial score (nSPS) is 16.2. The minimum atomic E-state index is -4.34. The van der Waals surface area contributed by atoms with E-state index in [0.29, 0.717) is 23.8 Å². The van der Waals surface area contributed by atoms with Crippen molar-refractivity contribution in [3.8, 4) is 0 Å². The summed E-state index contributed by atoms with van der Waals surface area (Å²) in [6.07, 6.45) is -4.34. The molecule has 2 rings (SSSR count). The molecule has 1 aromatic carbocycles. The van der Waals surface area contributed by atoms with Gasteiger partial charge in [0, 0.05) is 25.2 Å². The monoisotopic (exact) mass is 250 g/mol. The van der Waals surface area contributed by atoms with Gasteiger partial charge in [0.2, 0.25) is 0 Å². The van der Waals surface area contributed by atoms with E-state index < -0.39 is 11.7 Å². The van der Waals surface area contributed by atoms with Gasteiger partial charge in [0.1, 0.15) is 0 Å². The molecule has 0 aromatic heterocycles. The smallest absolute Gasteiger partial charge is 0.382 e. The number of rotatable bonds is 0. The van der Waals surface area contributed by atoms with E-state index in [1.807, 2.05) is 0 Å². The highest BCUT2D eigenvalue weighted by Gasteiger charge is 2.35. The van der Waals surface area contributed by atoms with Crippen molar-refractivity contribution >= 4 is 17.3 Å². The molecule has 0 spiro atoms. The highest BCUT2D eigenvalue weighted by atomic mass is 35.5. The van der Waals surface area contributed by atoms with E-state index in [1.54, 1.807) is 0 Å².